The lowest BCUT2D eigenvalue weighted by Gasteiger charge is -2.25. The van der Waals surface area contributed by atoms with Gasteiger partial charge in [0.2, 0.25) is 0 Å². The maximum atomic E-state index is 14.1. The molecule has 4 nitrogen and oxygen atoms in total. The van der Waals surface area contributed by atoms with Gasteiger partial charge in [0, 0.05) is 29.7 Å². The number of benzene rings is 1. The number of anilines is 1. The van der Waals surface area contributed by atoms with Gasteiger partial charge in [0.25, 0.3) is 5.90 Å². The van der Waals surface area contributed by atoms with Crippen molar-refractivity contribution < 1.29 is 17.8 Å². The zero-order valence-corrected chi connectivity index (χ0v) is 12.7. The van der Waals surface area contributed by atoms with Crippen LogP contribution in [0.15, 0.2) is 35.5 Å². The van der Waals surface area contributed by atoms with Crippen LogP contribution in [0.25, 0.3) is 0 Å². The summed E-state index contributed by atoms with van der Waals surface area (Å²) in [6.07, 6.45) is 1.37. The fraction of sp³-hybridized carbons (Fsp3) is 0.231. The van der Waals surface area contributed by atoms with E-state index in [9.17, 15) is 8.63 Å². The van der Waals surface area contributed by atoms with Gasteiger partial charge in [-0.25, -0.2) is 0 Å². The summed E-state index contributed by atoms with van der Waals surface area (Å²) in [5, 5.41) is 0.260. The van der Waals surface area contributed by atoms with Crippen LogP contribution >= 0.6 is 11.3 Å². The second kappa shape index (κ2) is 4.80. The molecular weight excluding hydrogens is 295 g/mol. The van der Waals surface area contributed by atoms with E-state index in [-0.39, 0.29) is 11.0 Å². The van der Waals surface area contributed by atoms with Crippen LogP contribution in [-0.2, 0) is 4.65 Å². The van der Waals surface area contributed by atoms with Gasteiger partial charge in [-0.15, -0.1) is 0 Å². The van der Waals surface area contributed by atoms with Crippen molar-refractivity contribution >= 4 is 35.1 Å². The standard InChI is InChI=1S/C13H14BF2N3OS/c1-9-8-19-13(21-9)17-12(20-14(19,15)16)10-4-6-11(7-5-10)18(2)3/h4-8H,1-3H3. The number of hydrogen-bond donors (Lipinski definition) is 0. The third-order valence-electron chi connectivity index (χ3n) is 3.20. The number of nitrogens with zero attached hydrogens (tertiary/aromatic N) is 3. The molecule has 21 heavy (non-hydrogen) atoms. The lowest BCUT2D eigenvalue weighted by molar-refractivity contribution is -0.563. The van der Waals surface area contributed by atoms with Crippen molar-refractivity contribution in [1.29, 1.82) is 0 Å². The molecule has 0 spiro atoms. The van der Waals surface area contributed by atoms with Crippen molar-refractivity contribution in [3.05, 3.63) is 40.9 Å². The van der Waals surface area contributed by atoms with Gasteiger partial charge in [-0.05, 0) is 31.2 Å². The first-order valence-corrected chi connectivity index (χ1v) is 7.27. The number of fused-ring (bicyclic) bond motifs is 1. The van der Waals surface area contributed by atoms with E-state index in [2.05, 4.69) is 4.99 Å². The Kier molecular flexibility index (Phi) is 3.20. The number of hydrogen-bond acceptors (Lipinski definition) is 4. The molecule has 1 aromatic heterocycles. The highest BCUT2D eigenvalue weighted by Gasteiger charge is 2.47. The fourth-order valence-electron chi connectivity index (χ4n) is 2.11. The maximum Gasteiger partial charge on any atom is 0.737 e. The Morgan fingerprint density at radius 2 is 1.90 bits per heavy atom. The van der Waals surface area contributed by atoms with Crippen LogP contribution in [0.3, 0.4) is 0 Å². The lowest BCUT2D eigenvalue weighted by atomic mass is 10.0. The molecule has 0 radical (unpaired) electrons. The summed E-state index contributed by atoms with van der Waals surface area (Å²) < 4.78 is 33.8. The first-order valence-electron chi connectivity index (χ1n) is 6.45. The van der Waals surface area contributed by atoms with E-state index in [1.54, 1.807) is 19.1 Å². The van der Waals surface area contributed by atoms with E-state index >= 15 is 0 Å². The molecular formula is C13H14BF2N3OS. The first kappa shape index (κ1) is 14.0. The normalized spacial score (nSPS) is 16.0. The number of thiazole rings is 1. The molecule has 0 saturated heterocycles. The number of halogens is 2. The average molecular weight is 309 g/mol. The molecule has 0 unspecified atom stereocenters. The highest BCUT2D eigenvalue weighted by Crippen LogP contribution is 2.28. The molecule has 0 bridgehead atoms. The highest BCUT2D eigenvalue weighted by atomic mass is 32.1. The van der Waals surface area contributed by atoms with Crippen LogP contribution in [0.5, 0.6) is 0 Å². The minimum Gasteiger partial charge on any atom is -0.590 e. The molecule has 0 fully saturated rings. The molecule has 0 N–H and O–H groups in total. The summed E-state index contributed by atoms with van der Waals surface area (Å²) in [5.41, 5.74) is 1.52. The lowest BCUT2D eigenvalue weighted by Crippen LogP contribution is -2.62. The predicted molar refractivity (Wildman–Crippen MR) is 80.7 cm³/mol. The number of rotatable bonds is 2. The van der Waals surface area contributed by atoms with Gasteiger partial charge in [0.05, 0.1) is 11.8 Å². The molecule has 2 heterocycles. The van der Waals surface area contributed by atoms with Crippen LogP contribution in [0.4, 0.5) is 19.5 Å². The van der Waals surface area contributed by atoms with Crippen molar-refractivity contribution in [2.75, 3.05) is 19.0 Å². The highest BCUT2D eigenvalue weighted by molar-refractivity contribution is 7.15. The van der Waals surface area contributed by atoms with Gasteiger partial charge < -0.3 is 22.7 Å². The molecule has 1 aliphatic rings. The number of aromatic nitrogens is 1. The topological polar surface area (TPSA) is 28.7 Å². The summed E-state index contributed by atoms with van der Waals surface area (Å²) in [4.78, 5) is 6.90. The Bertz CT molecular complexity index is 713. The van der Waals surface area contributed by atoms with Crippen molar-refractivity contribution in [3.8, 4) is 0 Å². The van der Waals surface area contributed by atoms with Gasteiger partial charge >= 0.3 is 12.2 Å². The van der Waals surface area contributed by atoms with Crippen molar-refractivity contribution in [2.24, 2.45) is 4.99 Å². The van der Waals surface area contributed by atoms with E-state index < -0.39 is 7.04 Å². The third kappa shape index (κ3) is 2.51. The van der Waals surface area contributed by atoms with E-state index in [1.807, 2.05) is 31.1 Å². The Balaban J connectivity index is 2.02. The molecule has 3 rings (SSSR count). The zero-order chi connectivity index (χ0) is 15.2. The molecule has 110 valence electrons. The summed E-state index contributed by atoms with van der Waals surface area (Å²) in [5.74, 6) is -0.0350. The predicted octanol–water partition coefficient (Wildman–Crippen LogP) is 2.74. The number of aryl methyl sites for hydroxylation is 1. The van der Waals surface area contributed by atoms with Crippen LogP contribution in [-0.4, -0.2) is 27.0 Å². The Labute approximate surface area is 125 Å². The Morgan fingerprint density at radius 1 is 1.24 bits per heavy atom. The molecule has 0 aliphatic carbocycles. The average Bonchev–Trinajstić information content (AvgIpc) is 2.80. The van der Waals surface area contributed by atoms with Crippen molar-refractivity contribution in [3.63, 3.8) is 0 Å². The van der Waals surface area contributed by atoms with Crippen LogP contribution in [0.1, 0.15) is 10.4 Å². The second-order valence-electron chi connectivity index (χ2n) is 5.07. The van der Waals surface area contributed by atoms with Crippen molar-refractivity contribution in [1.82, 2.24) is 0 Å². The number of aliphatic imine (C=N–C) groups is 1. The van der Waals surface area contributed by atoms with Gasteiger partial charge in [-0.2, -0.15) is 0 Å². The van der Waals surface area contributed by atoms with Gasteiger partial charge in [0.15, 0.2) is 0 Å². The van der Waals surface area contributed by atoms with E-state index in [0.717, 1.165) is 15.0 Å². The monoisotopic (exact) mass is 309 g/mol. The SMILES string of the molecule is Cc1c[n+]2c(s1)N=C(c1ccc(N(C)C)cc1)O[B-]2(F)F. The Hall–Kier alpha value is -1.96. The van der Waals surface area contributed by atoms with Crippen LogP contribution in [0, 0.1) is 6.92 Å². The third-order valence-corrected chi connectivity index (χ3v) is 4.11. The molecule has 2 aromatic rings. The van der Waals surface area contributed by atoms with Crippen molar-refractivity contribution in [2.45, 2.75) is 6.92 Å². The first-order chi connectivity index (χ1) is 9.87. The van der Waals surface area contributed by atoms with Crippen LogP contribution < -0.4 is 9.38 Å². The molecule has 0 atom stereocenters. The van der Waals surface area contributed by atoms with Gasteiger partial charge in [-0.3, -0.25) is 0 Å². The second-order valence-corrected chi connectivity index (χ2v) is 6.28. The molecule has 1 aliphatic heterocycles. The van der Waals surface area contributed by atoms with Gasteiger partial charge in [-0.1, -0.05) is 11.3 Å². The maximum absolute atomic E-state index is 14.1. The molecule has 0 saturated carbocycles. The fourth-order valence-corrected chi connectivity index (χ4v) is 2.97. The molecule has 0 amide bonds. The summed E-state index contributed by atoms with van der Waals surface area (Å²) in [6.45, 7) is 1.77. The summed E-state index contributed by atoms with van der Waals surface area (Å²) in [7, 11) is -0.294. The van der Waals surface area contributed by atoms with Gasteiger partial charge in [0.1, 0.15) is 0 Å². The largest absolute Gasteiger partial charge is 0.737 e. The minimum absolute atomic E-state index is 0.0350. The summed E-state index contributed by atoms with van der Waals surface area (Å²) >= 11 is 1.22. The smallest absolute Gasteiger partial charge is 0.590 e. The van der Waals surface area contributed by atoms with E-state index in [4.69, 9.17) is 4.65 Å². The quantitative estimate of drug-likeness (QED) is 0.798. The van der Waals surface area contributed by atoms with Crippen LogP contribution in [0.2, 0.25) is 0 Å². The summed E-state index contributed by atoms with van der Waals surface area (Å²) in [6, 6.07) is 7.15. The molecule has 1 aromatic carbocycles. The minimum atomic E-state index is -4.12. The van der Waals surface area contributed by atoms with E-state index in [1.165, 1.54) is 17.5 Å². The zero-order valence-electron chi connectivity index (χ0n) is 11.9. The van der Waals surface area contributed by atoms with E-state index in [0.29, 0.717) is 5.56 Å². The Morgan fingerprint density at radius 3 is 2.52 bits per heavy atom. The molecule has 8 heteroatoms.